The number of nitrogens with zero attached hydrogens (tertiary/aromatic N) is 1. The molecular weight excluding hydrogens is 411 g/mol. The number of hydrogen-bond acceptors (Lipinski definition) is 1. The van der Waals surface area contributed by atoms with Crippen molar-refractivity contribution >= 4 is 22.6 Å². The molecular formula is C13H6F6IN. The van der Waals surface area contributed by atoms with E-state index in [-0.39, 0.29) is 14.8 Å². The van der Waals surface area contributed by atoms with E-state index in [0.717, 1.165) is 24.3 Å². The quantitative estimate of drug-likeness (QED) is 0.448. The van der Waals surface area contributed by atoms with Gasteiger partial charge in [-0.3, -0.25) is 0 Å². The molecule has 0 N–H and O–H groups in total. The molecule has 0 spiro atoms. The average Bonchev–Trinajstić information content (AvgIpc) is 2.37. The number of rotatable bonds is 1. The second-order valence-corrected chi connectivity index (χ2v) is 5.23. The van der Waals surface area contributed by atoms with Crippen LogP contribution in [-0.2, 0) is 12.4 Å². The van der Waals surface area contributed by atoms with E-state index in [1.54, 1.807) is 0 Å². The highest BCUT2D eigenvalue weighted by molar-refractivity contribution is 14.1. The molecule has 0 aliphatic carbocycles. The van der Waals surface area contributed by atoms with Crippen molar-refractivity contribution in [2.45, 2.75) is 12.4 Å². The Morgan fingerprint density at radius 1 is 0.810 bits per heavy atom. The summed E-state index contributed by atoms with van der Waals surface area (Å²) in [6, 6.07) is 6.63. The standard InChI is InChI=1S/C13H6F6IN/c14-12(15,16)8-4-2-1-3-7(8)10-6-5-9(20)11(21-10)13(17,18)19/h1-6H. The summed E-state index contributed by atoms with van der Waals surface area (Å²) in [6.07, 6.45) is -9.39. The zero-order chi connectivity index (χ0) is 15.8. The summed E-state index contributed by atoms with van der Waals surface area (Å²) in [4.78, 5) is 3.36. The topological polar surface area (TPSA) is 12.9 Å². The molecule has 0 fully saturated rings. The molecule has 1 nitrogen and oxygen atoms in total. The van der Waals surface area contributed by atoms with Crippen LogP contribution in [0.4, 0.5) is 26.3 Å². The first-order chi connectivity index (χ1) is 9.60. The SMILES string of the molecule is FC(F)(F)c1ccccc1-c1ccc(I)c(C(F)(F)F)n1. The zero-order valence-electron chi connectivity index (χ0n) is 10.1. The minimum Gasteiger partial charge on any atom is -0.242 e. The van der Waals surface area contributed by atoms with Gasteiger partial charge in [0.1, 0.15) is 0 Å². The van der Waals surface area contributed by atoms with E-state index in [1.165, 1.54) is 34.7 Å². The van der Waals surface area contributed by atoms with Crippen LogP contribution < -0.4 is 0 Å². The number of aromatic nitrogens is 1. The summed E-state index contributed by atoms with van der Waals surface area (Å²) in [5.41, 5.74) is -2.97. The largest absolute Gasteiger partial charge is 0.434 e. The molecule has 0 atom stereocenters. The zero-order valence-corrected chi connectivity index (χ0v) is 12.2. The van der Waals surface area contributed by atoms with Crippen molar-refractivity contribution in [1.82, 2.24) is 4.98 Å². The van der Waals surface area contributed by atoms with Gasteiger partial charge in [0.15, 0.2) is 5.69 Å². The molecule has 0 aliphatic rings. The third kappa shape index (κ3) is 3.47. The van der Waals surface area contributed by atoms with Crippen LogP contribution in [0.25, 0.3) is 11.3 Å². The van der Waals surface area contributed by atoms with E-state index >= 15 is 0 Å². The second-order valence-electron chi connectivity index (χ2n) is 4.07. The summed E-state index contributed by atoms with van der Waals surface area (Å²) in [5, 5.41) is 0. The van der Waals surface area contributed by atoms with Crippen LogP contribution in [0, 0.1) is 3.57 Å². The molecule has 1 aromatic heterocycles. The number of alkyl halides is 6. The minimum atomic E-state index is -4.72. The number of halogens is 7. The summed E-state index contributed by atoms with van der Waals surface area (Å²) in [5.74, 6) is 0. The van der Waals surface area contributed by atoms with E-state index in [2.05, 4.69) is 4.98 Å². The highest BCUT2D eigenvalue weighted by Crippen LogP contribution is 2.38. The van der Waals surface area contributed by atoms with Gasteiger partial charge in [-0.15, -0.1) is 0 Å². The molecule has 0 unspecified atom stereocenters. The van der Waals surface area contributed by atoms with Crippen LogP contribution >= 0.6 is 22.6 Å². The fourth-order valence-electron chi connectivity index (χ4n) is 1.74. The first-order valence-corrected chi connectivity index (χ1v) is 6.59. The number of hydrogen-bond donors (Lipinski definition) is 0. The molecule has 112 valence electrons. The lowest BCUT2D eigenvalue weighted by Gasteiger charge is -2.14. The maximum Gasteiger partial charge on any atom is 0.434 e. The molecule has 1 aromatic carbocycles. The predicted octanol–water partition coefficient (Wildman–Crippen LogP) is 5.39. The number of pyridine rings is 1. The Hall–Kier alpha value is -1.32. The van der Waals surface area contributed by atoms with E-state index in [9.17, 15) is 26.3 Å². The van der Waals surface area contributed by atoms with Crippen molar-refractivity contribution in [3.8, 4) is 11.3 Å². The lowest BCUT2D eigenvalue weighted by molar-refractivity contribution is -0.141. The van der Waals surface area contributed by atoms with Gasteiger partial charge in [-0.1, -0.05) is 18.2 Å². The van der Waals surface area contributed by atoms with Gasteiger partial charge in [0.05, 0.1) is 11.3 Å². The number of benzene rings is 1. The Labute approximate surface area is 129 Å². The van der Waals surface area contributed by atoms with Crippen molar-refractivity contribution in [2.24, 2.45) is 0 Å². The highest BCUT2D eigenvalue weighted by atomic mass is 127. The highest BCUT2D eigenvalue weighted by Gasteiger charge is 2.37. The summed E-state index contributed by atoms with van der Waals surface area (Å²) in [6.45, 7) is 0. The van der Waals surface area contributed by atoms with Gasteiger partial charge < -0.3 is 0 Å². The van der Waals surface area contributed by atoms with Gasteiger partial charge in [-0.05, 0) is 40.8 Å². The Balaban J connectivity index is 2.64. The van der Waals surface area contributed by atoms with Crippen molar-refractivity contribution in [1.29, 1.82) is 0 Å². The third-order valence-electron chi connectivity index (χ3n) is 2.62. The summed E-state index contributed by atoms with van der Waals surface area (Å²) >= 11 is 1.44. The van der Waals surface area contributed by atoms with E-state index in [1.807, 2.05) is 0 Å². The molecule has 1 heterocycles. The molecule has 0 amide bonds. The normalized spacial score (nSPS) is 12.5. The van der Waals surface area contributed by atoms with Crippen molar-refractivity contribution in [2.75, 3.05) is 0 Å². The first kappa shape index (κ1) is 16.1. The first-order valence-electron chi connectivity index (χ1n) is 5.51. The smallest absolute Gasteiger partial charge is 0.242 e. The van der Waals surface area contributed by atoms with Gasteiger partial charge in [0.2, 0.25) is 0 Å². The molecule has 21 heavy (non-hydrogen) atoms. The van der Waals surface area contributed by atoms with Crippen LogP contribution in [0.15, 0.2) is 36.4 Å². The maximum absolute atomic E-state index is 12.9. The van der Waals surface area contributed by atoms with Crippen LogP contribution in [0.1, 0.15) is 11.3 Å². The van der Waals surface area contributed by atoms with Crippen molar-refractivity contribution < 1.29 is 26.3 Å². The summed E-state index contributed by atoms with van der Waals surface area (Å²) in [7, 11) is 0. The summed E-state index contributed by atoms with van der Waals surface area (Å²) < 4.78 is 76.9. The molecule has 0 radical (unpaired) electrons. The van der Waals surface area contributed by atoms with E-state index in [4.69, 9.17) is 0 Å². The van der Waals surface area contributed by atoms with Gasteiger partial charge in [0.25, 0.3) is 0 Å². The monoisotopic (exact) mass is 417 g/mol. The Kier molecular flexibility index (Phi) is 4.18. The third-order valence-corrected chi connectivity index (χ3v) is 3.49. The second kappa shape index (κ2) is 5.47. The minimum absolute atomic E-state index is 0.173. The molecule has 0 saturated carbocycles. The Morgan fingerprint density at radius 3 is 2.00 bits per heavy atom. The molecule has 0 saturated heterocycles. The fourth-order valence-corrected chi connectivity index (χ4v) is 2.35. The van der Waals surface area contributed by atoms with Crippen molar-refractivity contribution in [3.63, 3.8) is 0 Å². The molecule has 0 bridgehead atoms. The lowest BCUT2D eigenvalue weighted by Crippen LogP contribution is -2.12. The van der Waals surface area contributed by atoms with Crippen molar-refractivity contribution in [3.05, 3.63) is 51.2 Å². The Morgan fingerprint density at radius 2 is 1.43 bits per heavy atom. The predicted molar refractivity (Wildman–Crippen MR) is 72.4 cm³/mol. The van der Waals surface area contributed by atoms with Gasteiger partial charge in [-0.25, -0.2) is 4.98 Å². The fraction of sp³-hybridized carbons (Fsp3) is 0.154. The molecule has 2 aromatic rings. The van der Waals surface area contributed by atoms with Gasteiger partial charge in [0, 0.05) is 9.13 Å². The molecule has 0 aliphatic heterocycles. The van der Waals surface area contributed by atoms with Gasteiger partial charge in [-0.2, -0.15) is 26.3 Å². The van der Waals surface area contributed by atoms with Gasteiger partial charge >= 0.3 is 12.4 Å². The van der Waals surface area contributed by atoms with Crippen LogP contribution in [0.3, 0.4) is 0 Å². The Bertz CT molecular complexity index is 662. The molecule has 2 rings (SSSR count). The van der Waals surface area contributed by atoms with Crippen LogP contribution in [0.2, 0.25) is 0 Å². The average molecular weight is 417 g/mol. The van der Waals surface area contributed by atoms with E-state index in [0.29, 0.717) is 0 Å². The van der Waals surface area contributed by atoms with Crippen LogP contribution in [-0.4, -0.2) is 4.98 Å². The van der Waals surface area contributed by atoms with E-state index < -0.39 is 23.6 Å². The lowest BCUT2D eigenvalue weighted by atomic mass is 10.0. The van der Waals surface area contributed by atoms with Crippen LogP contribution in [0.5, 0.6) is 0 Å². The maximum atomic E-state index is 12.9. The molecule has 8 heteroatoms.